The molecule has 0 bridgehead atoms. The van der Waals surface area contributed by atoms with E-state index in [1.165, 1.54) is 12.1 Å². The fraction of sp³-hybridized carbons (Fsp3) is 0.211. The van der Waals surface area contributed by atoms with Crippen LogP contribution < -0.4 is 4.74 Å². The van der Waals surface area contributed by atoms with Gasteiger partial charge in [0.15, 0.2) is 0 Å². The van der Waals surface area contributed by atoms with Gasteiger partial charge in [-0.1, -0.05) is 11.2 Å². The Hall–Kier alpha value is -3.19. The average molecular weight is 353 g/mol. The largest absolute Gasteiger partial charge is 0.492 e. The van der Waals surface area contributed by atoms with E-state index in [1.54, 1.807) is 12.1 Å². The van der Waals surface area contributed by atoms with Crippen molar-refractivity contribution in [2.75, 3.05) is 27.2 Å². The third-order valence-electron chi connectivity index (χ3n) is 3.70. The van der Waals surface area contributed by atoms with Crippen LogP contribution in [0, 0.1) is 0 Å². The van der Waals surface area contributed by atoms with Gasteiger partial charge in [0, 0.05) is 17.7 Å². The van der Waals surface area contributed by atoms with E-state index in [0.29, 0.717) is 18.0 Å². The average Bonchev–Trinajstić information content (AvgIpc) is 3.12. The molecule has 0 amide bonds. The molecule has 0 unspecified atom stereocenters. The molecule has 0 aliphatic rings. The van der Waals surface area contributed by atoms with E-state index in [0.717, 1.165) is 17.9 Å². The summed E-state index contributed by atoms with van der Waals surface area (Å²) in [5.41, 5.74) is 1.52. The second-order valence-electron chi connectivity index (χ2n) is 5.99. The van der Waals surface area contributed by atoms with Gasteiger partial charge in [-0.15, -0.1) is 0 Å². The lowest BCUT2D eigenvalue weighted by atomic mass is 10.1. The van der Waals surface area contributed by atoms with E-state index in [9.17, 15) is 4.79 Å². The van der Waals surface area contributed by atoms with Crippen LogP contribution in [-0.4, -0.2) is 53.4 Å². The molecule has 134 valence electrons. The van der Waals surface area contributed by atoms with Crippen molar-refractivity contribution < 1.29 is 19.2 Å². The van der Waals surface area contributed by atoms with Crippen LogP contribution in [0.3, 0.4) is 0 Å². The predicted octanol–water partition coefficient (Wildman–Crippen LogP) is 3.04. The standard InChI is InChI=1S/C19H19N3O4/c1-22(2)10-11-25-16-8-6-13(7-9-16)17-20-18(26-21-17)14-4-3-5-15(12-14)19(23)24/h3-9,12H,10-11H2,1-2H3,(H,23,24). The molecule has 0 spiro atoms. The van der Waals surface area contributed by atoms with Gasteiger partial charge < -0.3 is 19.3 Å². The topological polar surface area (TPSA) is 88.7 Å². The third-order valence-corrected chi connectivity index (χ3v) is 3.70. The van der Waals surface area contributed by atoms with E-state index in [-0.39, 0.29) is 11.5 Å². The molecule has 1 N–H and O–H groups in total. The van der Waals surface area contributed by atoms with Crippen molar-refractivity contribution in [3.63, 3.8) is 0 Å². The number of rotatable bonds is 7. The number of ether oxygens (including phenoxy) is 1. The molecule has 7 nitrogen and oxygen atoms in total. The van der Waals surface area contributed by atoms with Gasteiger partial charge in [-0.05, 0) is 56.6 Å². The highest BCUT2D eigenvalue weighted by molar-refractivity contribution is 5.89. The molecule has 0 radical (unpaired) electrons. The monoisotopic (exact) mass is 353 g/mol. The van der Waals surface area contributed by atoms with Crippen molar-refractivity contribution in [3.8, 4) is 28.6 Å². The van der Waals surface area contributed by atoms with E-state index >= 15 is 0 Å². The van der Waals surface area contributed by atoms with Crippen molar-refractivity contribution in [2.45, 2.75) is 0 Å². The molecule has 1 aromatic heterocycles. The Bertz CT molecular complexity index is 888. The summed E-state index contributed by atoms with van der Waals surface area (Å²) < 4.78 is 10.9. The zero-order chi connectivity index (χ0) is 18.5. The number of carboxylic acids is 1. The van der Waals surface area contributed by atoms with E-state index in [1.807, 2.05) is 38.4 Å². The summed E-state index contributed by atoms with van der Waals surface area (Å²) in [7, 11) is 3.98. The van der Waals surface area contributed by atoms with E-state index < -0.39 is 5.97 Å². The quantitative estimate of drug-likeness (QED) is 0.698. The molecule has 0 saturated heterocycles. The highest BCUT2D eigenvalue weighted by Gasteiger charge is 2.12. The lowest BCUT2D eigenvalue weighted by Crippen LogP contribution is -2.19. The molecule has 0 saturated carbocycles. The molecule has 0 aliphatic carbocycles. The number of aromatic nitrogens is 2. The molecule has 7 heteroatoms. The highest BCUT2D eigenvalue weighted by Crippen LogP contribution is 2.24. The first-order valence-electron chi connectivity index (χ1n) is 8.08. The van der Waals surface area contributed by atoms with Gasteiger partial charge in [0.05, 0.1) is 5.56 Å². The Balaban J connectivity index is 1.73. The van der Waals surface area contributed by atoms with Crippen LogP contribution in [0.5, 0.6) is 5.75 Å². The number of carboxylic acid groups (broad SMARTS) is 1. The van der Waals surface area contributed by atoms with Gasteiger partial charge in [-0.3, -0.25) is 0 Å². The van der Waals surface area contributed by atoms with Crippen LogP contribution in [-0.2, 0) is 0 Å². The first kappa shape index (κ1) is 17.6. The lowest BCUT2D eigenvalue weighted by Gasteiger charge is -2.10. The summed E-state index contributed by atoms with van der Waals surface area (Å²) in [5.74, 6) is 0.472. The molecule has 0 atom stereocenters. The smallest absolute Gasteiger partial charge is 0.335 e. The maximum atomic E-state index is 11.1. The Morgan fingerprint density at radius 1 is 1.15 bits per heavy atom. The zero-order valence-electron chi connectivity index (χ0n) is 14.5. The van der Waals surface area contributed by atoms with Crippen molar-refractivity contribution in [1.29, 1.82) is 0 Å². The Kier molecular flexibility index (Phi) is 5.28. The van der Waals surface area contributed by atoms with Gasteiger partial charge in [-0.25, -0.2) is 4.79 Å². The summed E-state index contributed by atoms with van der Waals surface area (Å²) in [4.78, 5) is 17.5. The predicted molar refractivity (Wildman–Crippen MR) is 96.2 cm³/mol. The molecule has 0 fully saturated rings. The van der Waals surface area contributed by atoms with Crippen molar-refractivity contribution >= 4 is 5.97 Å². The minimum Gasteiger partial charge on any atom is -0.492 e. The normalized spacial score (nSPS) is 10.9. The summed E-state index contributed by atoms with van der Waals surface area (Å²) >= 11 is 0. The first-order valence-corrected chi connectivity index (χ1v) is 8.08. The van der Waals surface area contributed by atoms with Crippen LogP contribution in [0.15, 0.2) is 53.1 Å². The molecule has 26 heavy (non-hydrogen) atoms. The van der Waals surface area contributed by atoms with Gasteiger partial charge >= 0.3 is 5.97 Å². The number of likely N-dealkylation sites (N-methyl/N-ethyl adjacent to an activating group) is 1. The first-order chi connectivity index (χ1) is 12.5. The summed E-state index contributed by atoms with van der Waals surface area (Å²) in [6.45, 7) is 1.45. The molecule has 1 heterocycles. The fourth-order valence-corrected chi connectivity index (χ4v) is 2.29. The van der Waals surface area contributed by atoms with Crippen molar-refractivity contribution in [1.82, 2.24) is 15.0 Å². The van der Waals surface area contributed by atoms with Crippen LogP contribution in [0.4, 0.5) is 0 Å². The Labute approximate surface area is 150 Å². The number of nitrogens with zero attached hydrogens (tertiary/aromatic N) is 3. The maximum Gasteiger partial charge on any atom is 0.335 e. The summed E-state index contributed by atoms with van der Waals surface area (Å²) in [5, 5.41) is 13.0. The number of aromatic carboxylic acids is 1. The number of benzene rings is 2. The van der Waals surface area contributed by atoms with Gasteiger partial charge in [0.25, 0.3) is 5.89 Å². The minimum absolute atomic E-state index is 0.168. The zero-order valence-corrected chi connectivity index (χ0v) is 14.5. The van der Waals surface area contributed by atoms with Gasteiger partial charge in [-0.2, -0.15) is 4.98 Å². The molecular formula is C19H19N3O4. The van der Waals surface area contributed by atoms with Crippen LogP contribution in [0.1, 0.15) is 10.4 Å². The second kappa shape index (κ2) is 7.79. The Morgan fingerprint density at radius 3 is 2.62 bits per heavy atom. The van der Waals surface area contributed by atoms with E-state index in [4.69, 9.17) is 14.4 Å². The SMILES string of the molecule is CN(C)CCOc1ccc(-c2noc(-c3cccc(C(=O)O)c3)n2)cc1. The van der Waals surface area contributed by atoms with Crippen LogP contribution in [0.25, 0.3) is 22.8 Å². The fourth-order valence-electron chi connectivity index (χ4n) is 2.29. The lowest BCUT2D eigenvalue weighted by molar-refractivity contribution is 0.0697. The summed E-state index contributed by atoms with van der Waals surface area (Å²) in [6, 6.07) is 13.8. The van der Waals surface area contributed by atoms with E-state index in [2.05, 4.69) is 15.0 Å². The van der Waals surface area contributed by atoms with Crippen molar-refractivity contribution in [3.05, 3.63) is 54.1 Å². The number of hydrogen-bond acceptors (Lipinski definition) is 6. The van der Waals surface area contributed by atoms with Gasteiger partial charge in [0.2, 0.25) is 5.82 Å². The van der Waals surface area contributed by atoms with Crippen LogP contribution >= 0.6 is 0 Å². The minimum atomic E-state index is -1.00. The number of hydrogen-bond donors (Lipinski definition) is 1. The molecule has 0 aliphatic heterocycles. The maximum absolute atomic E-state index is 11.1. The van der Waals surface area contributed by atoms with Crippen molar-refractivity contribution in [2.24, 2.45) is 0 Å². The molecule has 2 aromatic carbocycles. The number of carbonyl (C=O) groups is 1. The molecule has 3 aromatic rings. The van der Waals surface area contributed by atoms with Crippen LogP contribution in [0.2, 0.25) is 0 Å². The summed E-state index contributed by atoms with van der Waals surface area (Å²) in [6.07, 6.45) is 0. The molecule has 3 rings (SSSR count). The third kappa shape index (κ3) is 4.25. The highest BCUT2D eigenvalue weighted by atomic mass is 16.5. The second-order valence-corrected chi connectivity index (χ2v) is 5.99. The Morgan fingerprint density at radius 2 is 1.92 bits per heavy atom. The molecular weight excluding hydrogens is 334 g/mol. The van der Waals surface area contributed by atoms with Gasteiger partial charge in [0.1, 0.15) is 12.4 Å².